The van der Waals surface area contributed by atoms with E-state index in [1.165, 1.54) is 19.0 Å². The second-order valence-corrected chi connectivity index (χ2v) is 5.64. The van der Waals surface area contributed by atoms with E-state index < -0.39 is 0 Å². The molecule has 1 heterocycles. The first-order valence-electron chi connectivity index (χ1n) is 4.86. The van der Waals surface area contributed by atoms with E-state index in [0.29, 0.717) is 5.16 Å². The van der Waals surface area contributed by atoms with Gasteiger partial charge < -0.3 is 0 Å². The zero-order valence-corrected chi connectivity index (χ0v) is 9.14. The molecule has 0 spiro atoms. The molecule has 2 atom stereocenters. The first-order valence-corrected chi connectivity index (χ1v) is 6.07. The van der Waals surface area contributed by atoms with Crippen molar-refractivity contribution < 1.29 is 0 Å². The molecule has 1 aliphatic heterocycles. The van der Waals surface area contributed by atoms with Gasteiger partial charge in [0.05, 0.1) is 0 Å². The van der Waals surface area contributed by atoms with Crippen molar-refractivity contribution in [1.29, 1.82) is 0 Å². The molecule has 1 rings (SSSR count). The lowest BCUT2D eigenvalue weighted by molar-refractivity contribution is 0.721. The van der Waals surface area contributed by atoms with Crippen LogP contribution < -0.4 is 0 Å². The van der Waals surface area contributed by atoms with Crippen LogP contribution in [0.15, 0.2) is 24.3 Å². The van der Waals surface area contributed by atoms with E-state index in [0.717, 1.165) is 15.0 Å². The van der Waals surface area contributed by atoms with Gasteiger partial charge in [-0.25, -0.2) is 0 Å². The van der Waals surface area contributed by atoms with Crippen LogP contribution >= 0.6 is 8.58 Å². The van der Waals surface area contributed by atoms with Crippen molar-refractivity contribution in [3.05, 3.63) is 24.3 Å². The Kier molecular flexibility index (Phi) is 4.01. The second kappa shape index (κ2) is 4.82. The minimum absolute atomic E-state index is 0.540. The van der Waals surface area contributed by atoms with E-state index in [9.17, 15) is 0 Å². The molecule has 0 nitrogen and oxygen atoms in total. The molecule has 1 heteroatoms. The molecule has 0 N–H and O–H groups in total. The number of allylic oxidation sites excluding steroid dienone is 4. The summed E-state index contributed by atoms with van der Waals surface area (Å²) in [4.78, 5) is 0. The van der Waals surface area contributed by atoms with Gasteiger partial charge in [0.2, 0.25) is 0 Å². The third-order valence-corrected chi connectivity index (χ3v) is 4.18. The lowest BCUT2D eigenvalue weighted by atomic mass is 10.1. The largest absolute Gasteiger partial charge is 0.112 e. The molecule has 0 aromatic heterocycles. The smallest absolute Gasteiger partial charge is 0.00306 e. The van der Waals surface area contributed by atoms with Crippen molar-refractivity contribution in [3.63, 3.8) is 0 Å². The van der Waals surface area contributed by atoms with Gasteiger partial charge in [-0.1, -0.05) is 38.2 Å². The third-order valence-electron chi connectivity index (χ3n) is 2.35. The summed E-state index contributed by atoms with van der Waals surface area (Å²) in [7, 11) is 1.14. The molecule has 2 unspecified atom stereocenters. The van der Waals surface area contributed by atoms with E-state index in [1.54, 1.807) is 0 Å². The summed E-state index contributed by atoms with van der Waals surface area (Å²) in [6, 6.07) is 0. The van der Waals surface area contributed by atoms with Crippen LogP contribution in [0.25, 0.3) is 0 Å². The van der Waals surface area contributed by atoms with Gasteiger partial charge in [0, 0.05) is 5.16 Å². The van der Waals surface area contributed by atoms with Crippen molar-refractivity contribution >= 4 is 8.58 Å². The van der Waals surface area contributed by atoms with E-state index >= 15 is 0 Å². The SMILES string of the molecule is CC/C=C\C=C/C1(C)CCCP1. The highest BCUT2D eigenvalue weighted by atomic mass is 31.1. The molecular weight excluding hydrogens is 163 g/mol. The van der Waals surface area contributed by atoms with Crippen LogP contribution in [0.1, 0.15) is 33.1 Å². The fourth-order valence-corrected chi connectivity index (χ4v) is 3.04. The highest BCUT2D eigenvalue weighted by Crippen LogP contribution is 2.44. The third kappa shape index (κ3) is 3.11. The zero-order chi connectivity index (χ0) is 8.86. The van der Waals surface area contributed by atoms with Crippen LogP contribution in [0.3, 0.4) is 0 Å². The van der Waals surface area contributed by atoms with Gasteiger partial charge >= 0.3 is 0 Å². The average molecular weight is 182 g/mol. The van der Waals surface area contributed by atoms with Crippen molar-refractivity contribution in [2.75, 3.05) is 6.16 Å². The van der Waals surface area contributed by atoms with Crippen LogP contribution in [0.5, 0.6) is 0 Å². The highest BCUT2D eigenvalue weighted by molar-refractivity contribution is 7.40. The van der Waals surface area contributed by atoms with Crippen molar-refractivity contribution in [2.45, 2.75) is 38.3 Å². The molecule has 0 aliphatic carbocycles. The zero-order valence-electron chi connectivity index (χ0n) is 8.14. The summed E-state index contributed by atoms with van der Waals surface area (Å²) < 4.78 is 0. The molecule has 1 aliphatic rings. The highest BCUT2D eigenvalue weighted by Gasteiger charge is 2.24. The summed E-state index contributed by atoms with van der Waals surface area (Å²) in [5.41, 5.74) is 0. The molecule has 0 aromatic rings. The number of hydrogen-bond acceptors (Lipinski definition) is 0. The van der Waals surface area contributed by atoms with Crippen LogP contribution in [0.4, 0.5) is 0 Å². The Balaban J connectivity index is 2.37. The maximum atomic E-state index is 2.39. The van der Waals surface area contributed by atoms with Gasteiger partial charge in [-0.15, -0.1) is 8.58 Å². The molecular formula is C11H19P. The Bertz CT molecular complexity index is 173. The minimum Gasteiger partial charge on any atom is -0.112 e. The summed E-state index contributed by atoms with van der Waals surface area (Å²) in [6.07, 6.45) is 14.4. The molecule has 0 bridgehead atoms. The monoisotopic (exact) mass is 182 g/mol. The van der Waals surface area contributed by atoms with E-state index in [4.69, 9.17) is 0 Å². The Morgan fingerprint density at radius 3 is 2.83 bits per heavy atom. The van der Waals surface area contributed by atoms with Crippen molar-refractivity contribution in [3.8, 4) is 0 Å². The Labute approximate surface area is 77.9 Å². The van der Waals surface area contributed by atoms with Crippen molar-refractivity contribution in [2.24, 2.45) is 0 Å². The van der Waals surface area contributed by atoms with Gasteiger partial charge in [-0.3, -0.25) is 0 Å². The van der Waals surface area contributed by atoms with Gasteiger partial charge in [-0.05, 0) is 25.4 Å². The standard InChI is InChI=1S/C11H19P/c1-3-4-5-6-8-11(2)9-7-10-12-11/h4-6,8,12H,3,7,9-10H2,1-2H3/b5-4-,8-6-. The fourth-order valence-electron chi connectivity index (χ4n) is 1.54. The molecule has 0 radical (unpaired) electrons. The van der Waals surface area contributed by atoms with Gasteiger partial charge in [0.1, 0.15) is 0 Å². The lowest BCUT2D eigenvalue weighted by Crippen LogP contribution is -2.08. The summed E-state index contributed by atoms with van der Waals surface area (Å²) >= 11 is 0. The Morgan fingerprint density at radius 2 is 2.25 bits per heavy atom. The van der Waals surface area contributed by atoms with Gasteiger partial charge in [0.15, 0.2) is 0 Å². The molecule has 1 fully saturated rings. The summed E-state index contributed by atoms with van der Waals surface area (Å²) in [5.74, 6) is 0. The van der Waals surface area contributed by atoms with Crippen molar-refractivity contribution in [1.82, 2.24) is 0 Å². The summed E-state index contributed by atoms with van der Waals surface area (Å²) in [5, 5.41) is 0.540. The molecule has 0 amide bonds. The van der Waals surface area contributed by atoms with E-state index in [1.807, 2.05) is 0 Å². The Morgan fingerprint density at radius 1 is 1.42 bits per heavy atom. The first kappa shape index (κ1) is 9.99. The molecule has 0 aromatic carbocycles. The molecule has 1 saturated heterocycles. The Hall–Kier alpha value is -0.0900. The molecule has 0 saturated carbocycles. The normalized spacial score (nSPS) is 32.8. The average Bonchev–Trinajstić information content (AvgIpc) is 2.47. The quantitative estimate of drug-likeness (QED) is 0.460. The van der Waals surface area contributed by atoms with Gasteiger partial charge in [0.25, 0.3) is 0 Å². The maximum absolute atomic E-state index is 2.39. The first-order chi connectivity index (χ1) is 5.77. The van der Waals surface area contributed by atoms with Crippen LogP contribution in [-0.4, -0.2) is 11.3 Å². The number of rotatable bonds is 3. The topological polar surface area (TPSA) is 0 Å². The van der Waals surface area contributed by atoms with E-state index in [-0.39, 0.29) is 0 Å². The van der Waals surface area contributed by atoms with Crippen LogP contribution in [0.2, 0.25) is 0 Å². The maximum Gasteiger partial charge on any atom is 0.00306 e. The van der Waals surface area contributed by atoms with Crippen LogP contribution in [-0.2, 0) is 0 Å². The van der Waals surface area contributed by atoms with E-state index in [2.05, 4.69) is 38.2 Å². The summed E-state index contributed by atoms with van der Waals surface area (Å²) in [6.45, 7) is 4.55. The predicted octanol–water partition coefficient (Wildman–Crippen LogP) is 3.74. The fraction of sp³-hybridized carbons (Fsp3) is 0.636. The lowest BCUT2D eigenvalue weighted by Gasteiger charge is -2.17. The molecule has 12 heavy (non-hydrogen) atoms. The van der Waals surface area contributed by atoms with Gasteiger partial charge in [-0.2, -0.15) is 0 Å². The minimum atomic E-state index is 0.540. The predicted molar refractivity (Wildman–Crippen MR) is 59.4 cm³/mol. The molecule has 68 valence electrons. The second-order valence-electron chi connectivity index (χ2n) is 3.64. The number of hydrogen-bond donors (Lipinski definition) is 0. The van der Waals surface area contributed by atoms with Crippen LogP contribution in [0, 0.1) is 0 Å².